The molecule has 1 N–H and O–H groups in total. The molecule has 0 spiro atoms. The topological polar surface area (TPSA) is 49.0 Å². The van der Waals surface area contributed by atoms with Gasteiger partial charge in [-0.15, -0.1) is 11.3 Å². The molecule has 4 nitrogen and oxygen atoms in total. The Hall–Kier alpha value is -1.69. The number of nitrogens with one attached hydrogen (secondary N) is 1. The summed E-state index contributed by atoms with van der Waals surface area (Å²) in [4.78, 5) is 21.5. The Balaban J connectivity index is 1.85. The molecule has 0 unspecified atom stereocenters. The highest BCUT2D eigenvalue weighted by molar-refractivity contribution is 7.17. The first-order valence-electron chi connectivity index (χ1n) is 6.97. The van der Waals surface area contributed by atoms with Crippen LogP contribution in [0.4, 0.5) is 0 Å². The molecule has 22 heavy (non-hydrogen) atoms. The van der Waals surface area contributed by atoms with E-state index < -0.39 is 0 Å². The van der Waals surface area contributed by atoms with Crippen LogP contribution in [0.2, 0.25) is 5.02 Å². The van der Waals surface area contributed by atoms with Crippen LogP contribution in [0.25, 0.3) is 10.2 Å². The molecule has 3 rings (SSSR count). The maximum atomic E-state index is 12.0. The summed E-state index contributed by atoms with van der Waals surface area (Å²) < 4.78 is 0.672. The van der Waals surface area contributed by atoms with Crippen molar-refractivity contribution in [3.05, 3.63) is 62.5 Å². The highest BCUT2D eigenvalue weighted by Crippen LogP contribution is 2.26. The lowest BCUT2D eigenvalue weighted by Gasteiger charge is -2.25. The summed E-state index contributed by atoms with van der Waals surface area (Å²) in [5, 5.41) is 2.63. The second-order valence-electron chi connectivity index (χ2n) is 5.26. The number of H-pyrrole nitrogens is 1. The fourth-order valence-corrected chi connectivity index (χ4v) is 3.44. The van der Waals surface area contributed by atoms with E-state index >= 15 is 0 Å². The third-order valence-corrected chi connectivity index (χ3v) is 5.03. The standard InChI is InChI=1S/C16H16ClN3OS/c1-10(11-5-3-4-6-12(11)17)20(2)9-14-18-13-7-8-22-15(13)16(21)19-14/h3-8,10H,9H2,1-2H3,(H,18,19,21)/t10-/m1/s1. The van der Waals surface area contributed by atoms with Crippen LogP contribution in [-0.2, 0) is 6.54 Å². The maximum Gasteiger partial charge on any atom is 0.268 e. The van der Waals surface area contributed by atoms with Gasteiger partial charge in [0.15, 0.2) is 0 Å². The van der Waals surface area contributed by atoms with Gasteiger partial charge in [0, 0.05) is 11.1 Å². The molecule has 3 aromatic rings. The number of rotatable bonds is 4. The fraction of sp³-hybridized carbons (Fsp3) is 0.250. The minimum atomic E-state index is -0.0752. The zero-order chi connectivity index (χ0) is 15.7. The van der Waals surface area contributed by atoms with Crippen molar-refractivity contribution in [2.45, 2.75) is 19.5 Å². The Morgan fingerprint density at radius 1 is 1.36 bits per heavy atom. The summed E-state index contributed by atoms with van der Waals surface area (Å²) in [5.41, 5.74) is 1.74. The molecule has 1 atom stereocenters. The van der Waals surface area contributed by atoms with E-state index in [1.807, 2.05) is 42.8 Å². The first-order chi connectivity index (χ1) is 10.6. The fourth-order valence-electron chi connectivity index (χ4n) is 2.42. The van der Waals surface area contributed by atoms with Crippen LogP contribution >= 0.6 is 22.9 Å². The molecule has 0 saturated heterocycles. The lowest BCUT2D eigenvalue weighted by atomic mass is 10.1. The predicted octanol–water partition coefficient (Wildman–Crippen LogP) is 3.83. The molecule has 0 fully saturated rings. The molecule has 0 amide bonds. The van der Waals surface area contributed by atoms with Gasteiger partial charge in [0.05, 0.1) is 12.1 Å². The van der Waals surface area contributed by atoms with Gasteiger partial charge >= 0.3 is 0 Å². The molecule has 0 bridgehead atoms. The number of benzene rings is 1. The van der Waals surface area contributed by atoms with Gasteiger partial charge in [-0.1, -0.05) is 29.8 Å². The number of hydrogen-bond donors (Lipinski definition) is 1. The van der Waals surface area contributed by atoms with E-state index in [0.29, 0.717) is 17.1 Å². The largest absolute Gasteiger partial charge is 0.308 e. The number of hydrogen-bond acceptors (Lipinski definition) is 4. The summed E-state index contributed by atoms with van der Waals surface area (Å²) in [6, 6.07) is 9.79. The smallest absolute Gasteiger partial charge is 0.268 e. The van der Waals surface area contributed by atoms with Crippen molar-refractivity contribution in [2.24, 2.45) is 0 Å². The van der Waals surface area contributed by atoms with Crippen molar-refractivity contribution >= 4 is 33.2 Å². The molecule has 2 heterocycles. The SMILES string of the molecule is C[C@H](c1ccccc1Cl)N(C)Cc1nc2ccsc2c(=O)[nH]1. The van der Waals surface area contributed by atoms with Crippen LogP contribution in [0.5, 0.6) is 0 Å². The van der Waals surface area contributed by atoms with Gasteiger partial charge in [0.1, 0.15) is 10.5 Å². The van der Waals surface area contributed by atoms with Crippen molar-refractivity contribution < 1.29 is 0 Å². The number of fused-ring (bicyclic) bond motifs is 1. The van der Waals surface area contributed by atoms with Crippen molar-refractivity contribution in [3.63, 3.8) is 0 Å². The molecule has 0 radical (unpaired) electrons. The average molecular weight is 334 g/mol. The zero-order valence-corrected chi connectivity index (χ0v) is 13.9. The number of aromatic nitrogens is 2. The first kappa shape index (κ1) is 15.2. The molecule has 114 valence electrons. The Bertz CT molecular complexity index is 858. The zero-order valence-electron chi connectivity index (χ0n) is 12.3. The third-order valence-electron chi connectivity index (χ3n) is 3.78. The highest BCUT2D eigenvalue weighted by Gasteiger charge is 2.16. The molecule has 2 aromatic heterocycles. The van der Waals surface area contributed by atoms with E-state index in [9.17, 15) is 4.79 Å². The van der Waals surface area contributed by atoms with Crippen molar-refractivity contribution in [3.8, 4) is 0 Å². The van der Waals surface area contributed by atoms with Gasteiger partial charge in [0.25, 0.3) is 5.56 Å². The quantitative estimate of drug-likeness (QED) is 0.789. The minimum absolute atomic E-state index is 0.0752. The van der Waals surface area contributed by atoms with E-state index in [4.69, 9.17) is 11.6 Å². The third kappa shape index (κ3) is 2.92. The highest BCUT2D eigenvalue weighted by atomic mass is 35.5. The van der Waals surface area contributed by atoms with Gasteiger partial charge in [-0.2, -0.15) is 0 Å². The molecule has 6 heteroatoms. The van der Waals surface area contributed by atoms with Crippen LogP contribution < -0.4 is 5.56 Å². The number of halogens is 1. The van der Waals surface area contributed by atoms with Crippen LogP contribution in [0.15, 0.2) is 40.5 Å². The molecule has 0 aliphatic heterocycles. The van der Waals surface area contributed by atoms with Gasteiger partial charge in [-0.05, 0) is 37.0 Å². The Kier molecular flexibility index (Phi) is 4.29. The average Bonchev–Trinajstić information content (AvgIpc) is 2.96. The molecule has 0 aliphatic carbocycles. The van der Waals surface area contributed by atoms with E-state index in [1.165, 1.54) is 11.3 Å². The number of thiophene rings is 1. The van der Waals surface area contributed by atoms with Crippen molar-refractivity contribution in [1.82, 2.24) is 14.9 Å². The number of nitrogens with zero attached hydrogens (tertiary/aromatic N) is 2. The van der Waals surface area contributed by atoms with Gasteiger partial charge in [-0.25, -0.2) is 4.98 Å². The van der Waals surface area contributed by atoms with Gasteiger partial charge in [-0.3, -0.25) is 9.69 Å². The number of aromatic amines is 1. The van der Waals surface area contributed by atoms with E-state index in [-0.39, 0.29) is 11.6 Å². The summed E-state index contributed by atoms with van der Waals surface area (Å²) in [5.74, 6) is 0.664. The Morgan fingerprint density at radius 2 is 2.14 bits per heavy atom. The van der Waals surface area contributed by atoms with Crippen LogP contribution in [0.1, 0.15) is 24.4 Å². The first-order valence-corrected chi connectivity index (χ1v) is 8.23. The summed E-state index contributed by atoms with van der Waals surface area (Å²) in [7, 11) is 1.99. The normalized spacial score (nSPS) is 12.9. The van der Waals surface area contributed by atoms with E-state index in [1.54, 1.807) is 0 Å². The van der Waals surface area contributed by atoms with Crippen molar-refractivity contribution in [2.75, 3.05) is 7.05 Å². The molecule has 1 aromatic carbocycles. The summed E-state index contributed by atoms with van der Waals surface area (Å²) >= 11 is 7.67. The van der Waals surface area contributed by atoms with Gasteiger partial charge < -0.3 is 4.98 Å². The minimum Gasteiger partial charge on any atom is -0.308 e. The van der Waals surface area contributed by atoms with Crippen LogP contribution in [0, 0.1) is 0 Å². The summed E-state index contributed by atoms with van der Waals surface area (Å²) in [6.45, 7) is 2.63. The monoisotopic (exact) mass is 333 g/mol. The molecule has 0 aliphatic rings. The second-order valence-corrected chi connectivity index (χ2v) is 6.58. The van der Waals surface area contributed by atoms with Crippen LogP contribution in [-0.4, -0.2) is 21.9 Å². The Labute approximate surface area is 137 Å². The van der Waals surface area contributed by atoms with Crippen molar-refractivity contribution in [1.29, 1.82) is 0 Å². The second kappa shape index (κ2) is 6.20. The van der Waals surface area contributed by atoms with E-state index in [0.717, 1.165) is 16.1 Å². The van der Waals surface area contributed by atoms with Gasteiger partial charge in [0.2, 0.25) is 0 Å². The predicted molar refractivity (Wildman–Crippen MR) is 91.6 cm³/mol. The summed E-state index contributed by atoms with van der Waals surface area (Å²) in [6.07, 6.45) is 0. The molecular weight excluding hydrogens is 318 g/mol. The lowest BCUT2D eigenvalue weighted by molar-refractivity contribution is 0.247. The van der Waals surface area contributed by atoms with Crippen LogP contribution in [0.3, 0.4) is 0 Å². The lowest BCUT2D eigenvalue weighted by Crippen LogP contribution is -2.25. The Morgan fingerprint density at radius 3 is 2.91 bits per heavy atom. The van der Waals surface area contributed by atoms with E-state index in [2.05, 4.69) is 21.8 Å². The molecule has 0 saturated carbocycles. The molecular formula is C16H16ClN3OS. The maximum absolute atomic E-state index is 12.0.